The third-order valence-electron chi connectivity index (χ3n) is 3.27. The summed E-state index contributed by atoms with van der Waals surface area (Å²) in [7, 11) is 0. The molecule has 0 spiro atoms. The summed E-state index contributed by atoms with van der Waals surface area (Å²) >= 11 is 5.92. The molecule has 1 heterocycles. The minimum Gasteiger partial charge on any atom is -0.489 e. The van der Waals surface area contributed by atoms with Crippen LogP contribution < -0.4 is 4.74 Å². The van der Waals surface area contributed by atoms with E-state index >= 15 is 0 Å². The molecule has 1 unspecified atom stereocenters. The number of ether oxygens (including phenoxy) is 1. The van der Waals surface area contributed by atoms with Gasteiger partial charge in [-0.2, -0.15) is 0 Å². The Morgan fingerprint density at radius 3 is 3.11 bits per heavy atom. The molecule has 1 aliphatic rings. The van der Waals surface area contributed by atoms with Crippen molar-refractivity contribution < 1.29 is 9.84 Å². The third-order valence-corrected chi connectivity index (χ3v) is 3.50. The van der Waals surface area contributed by atoms with Crippen LogP contribution >= 0.6 is 11.6 Å². The van der Waals surface area contributed by atoms with Crippen molar-refractivity contribution in [1.82, 2.24) is 4.90 Å². The van der Waals surface area contributed by atoms with E-state index in [0.29, 0.717) is 5.02 Å². The summed E-state index contributed by atoms with van der Waals surface area (Å²) in [5.41, 5.74) is 0. The van der Waals surface area contributed by atoms with Gasteiger partial charge < -0.3 is 9.84 Å². The monoisotopic (exact) mass is 269 g/mol. The van der Waals surface area contributed by atoms with Gasteiger partial charge in [0.25, 0.3) is 0 Å². The normalized spacial score (nSPS) is 22.1. The van der Waals surface area contributed by atoms with Crippen LogP contribution in [0, 0.1) is 0 Å². The van der Waals surface area contributed by atoms with Crippen LogP contribution in [0.25, 0.3) is 0 Å². The standard InChI is InChI=1S/C14H20ClNO2/c1-2-12(17)9-16-7-6-14(10-16)18-13-5-3-4-11(15)8-13/h3-5,8,12,14,17H,2,6-7,9-10H2,1H3/t12?,14-/m1/s1. The zero-order valence-corrected chi connectivity index (χ0v) is 11.4. The fourth-order valence-electron chi connectivity index (χ4n) is 2.22. The number of likely N-dealkylation sites (tertiary alicyclic amines) is 1. The average molecular weight is 270 g/mol. The topological polar surface area (TPSA) is 32.7 Å². The summed E-state index contributed by atoms with van der Waals surface area (Å²) in [6.45, 7) is 4.61. The van der Waals surface area contributed by atoms with E-state index in [1.807, 2.05) is 31.2 Å². The molecular weight excluding hydrogens is 250 g/mol. The van der Waals surface area contributed by atoms with E-state index in [1.165, 1.54) is 0 Å². The molecule has 100 valence electrons. The van der Waals surface area contributed by atoms with Crippen molar-refractivity contribution >= 4 is 11.6 Å². The highest BCUT2D eigenvalue weighted by Gasteiger charge is 2.25. The predicted molar refractivity (Wildman–Crippen MR) is 73.2 cm³/mol. The van der Waals surface area contributed by atoms with Crippen molar-refractivity contribution in [3.63, 3.8) is 0 Å². The molecule has 1 N–H and O–H groups in total. The number of aliphatic hydroxyl groups is 1. The van der Waals surface area contributed by atoms with Crippen LogP contribution in [0.4, 0.5) is 0 Å². The third kappa shape index (κ3) is 3.87. The number of hydrogen-bond acceptors (Lipinski definition) is 3. The first-order chi connectivity index (χ1) is 8.67. The van der Waals surface area contributed by atoms with Crippen LogP contribution in [-0.2, 0) is 0 Å². The molecule has 0 bridgehead atoms. The molecule has 0 radical (unpaired) electrons. The number of aliphatic hydroxyl groups excluding tert-OH is 1. The van der Waals surface area contributed by atoms with E-state index in [1.54, 1.807) is 0 Å². The minimum absolute atomic E-state index is 0.201. The molecular formula is C14H20ClNO2. The molecule has 2 atom stereocenters. The number of rotatable bonds is 5. The number of benzene rings is 1. The van der Waals surface area contributed by atoms with Gasteiger partial charge >= 0.3 is 0 Å². The fraction of sp³-hybridized carbons (Fsp3) is 0.571. The van der Waals surface area contributed by atoms with E-state index in [4.69, 9.17) is 16.3 Å². The minimum atomic E-state index is -0.227. The highest BCUT2D eigenvalue weighted by molar-refractivity contribution is 6.30. The van der Waals surface area contributed by atoms with Crippen LogP contribution in [0.1, 0.15) is 19.8 Å². The summed E-state index contributed by atoms with van der Waals surface area (Å²) in [5, 5.41) is 10.3. The summed E-state index contributed by atoms with van der Waals surface area (Å²) in [6, 6.07) is 7.50. The quantitative estimate of drug-likeness (QED) is 0.892. The molecule has 3 nitrogen and oxygen atoms in total. The number of halogens is 1. The van der Waals surface area contributed by atoms with E-state index in [2.05, 4.69) is 4.90 Å². The van der Waals surface area contributed by atoms with E-state index < -0.39 is 0 Å². The summed E-state index contributed by atoms with van der Waals surface area (Å²) < 4.78 is 5.89. The van der Waals surface area contributed by atoms with Gasteiger partial charge in [-0.05, 0) is 31.0 Å². The highest BCUT2D eigenvalue weighted by atomic mass is 35.5. The lowest BCUT2D eigenvalue weighted by molar-refractivity contribution is 0.113. The Morgan fingerprint density at radius 1 is 1.56 bits per heavy atom. The highest BCUT2D eigenvalue weighted by Crippen LogP contribution is 2.21. The number of nitrogens with zero attached hydrogens (tertiary/aromatic N) is 1. The molecule has 1 aromatic rings. The zero-order valence-electron chi connectivity index (χ0n) is 10.7. The molecule has 4 heteroatoms. The van der Waals surface area contributed by atoms with Gasteiger partial charge in [0.15, 0.2) is 0 Å². The Bertz CT molecular complexity index is 386. The first-order valence-corrected chi connectivity index (χ1v) is 6.88. The SMILES string of the molecule is CCC(O)CN1CC[C@@H](Oc2cccc(Cl)c2)C1. The van der Waals surface area contributed by atoms with E-state index in [0.717, 1.165) is 38.2 Å². The summed E-state index contributed by atoms with van der Waals surface area (Å²) in [5.74, 6) is 0.824. The molecule has 1 aliphatic heterocycles. The largest absolute Gasteiger partial charge is 0.489 e. The van der Waals surface area contributed by atoms with Gasteiger partial charge in [0, 0.05) is 24.7 Å². The summed E-state index contributed by atoms with van der Waals surface area (Å²) in [4.78, 5) is 2.25. The van der Waals surface area contributed by atoms with Gasteiger partial charge in [-0.25, -0.2) is 0 Å². The second-order valence-electron chi connectivity index (χ2n) is 4.81. The fourth-order valence-corrected chi connectivity index (χ4v) is 2.40. The summed E-state index contributed by atoms with van der Waals surface area (Å²) in [6.07, 6.45) is 1.78. The van der Waals surface area contributed by atoms with Crippen molar-refractivity contribution in [1.29, 1.82) is 0 Å². The maximum Gasteiger partial charge on any atom is 0.121 e. The van der Waals surface area contributed by atoms with E-state index in [9.17, 15) is 5.11 Å². The first-order valence-electron chi connectivity index (χ1n) is 6.50. The molecule has 1 fully saturated rings. The lowest BCUT2D eigenvalue weighted by Crippen LogP contribution is -2.32. The van der Waals surface area contributed by atoms with Crippen LogP contribution in [-0.4, -0.2) is 41.8 Å². The molecule has 18 heavy (non-hydrogen) atoms. The maximum atomic E-state index is 9.63. The molecule has 2 rings (SSSR count). The molecule has 0 saturated carbocycles. The molecule has 1 aromatic carbocycles. The second kappa shape index (κ2) is 6.41. The Kier molecular flexibility index (Phi) is 4.87. The molecule has 0 aliphatic carbocycles. The Labute approximate surface area is 113 Å². The Hall–Kier alpha value is -0.770. The van der Waals surface area contributed by atoms with Crippen LogP contribution in [0.15, 0.2) is 24.3 Å². The number of β-amino-alcohol motifs (C(OH)–C–C–N with tert-alkyl or cyclic N) is 1. The Balaban J connectivity index is 1.82. The van der Waals surface area contributed by atoms with Crippen molar-refractivity contribution in [2.75, 3.05) is 19.6 Å². The smallest absolute Gasteiger partial charge is 0.121 e. The first kappa shape index (κ1) is 13.7. The molecule has 1 saturated heterocycles. The van der Waals surface area contributed by atoms with Crippen molar-refractivity contribution in [2.45, 2.75) is 32.0 Å². The van der Waals surface area contributed by atoms with Crippen LogP contribution in [0.5, 0.6) is 5.75 Å². The lowest BCUT2D eigenvalue weighted by Gasteiger charge is -2.19. The predicted octanol–water partition coefficient (Wildman–Crippen LogP) is 2.56. The van der Waals surface area contributed by atoms with E-state index in [-0.39, 0.29) is 12.2 Å². The van der Waals surface area contributed by atoms with Gasteiger partial charge in [0.2, 0.25) is 0 Å². The Morgan fingerprint density at radius 2 is 2.39 bits per heavy atom. The zero-order chi connectivity index (χ0) is 13.0. The maximum absolute atomic E-state index is 9.63. The lowest BCUT2D eigenvalue weighted by atomic mass is 10.2. The van der Waals surface area contributed by atoms with Gasteiger partial charge in [0.05, 0.1) is 6.10 Å². The van der Waals surface area contributed by atoms with Crippen molar-refractivity contribution in [3.8, 4) is 5.75 Å². The second-order valence-corrected chi connectivity index (χ2v) is 5.24. The van der Waals surface area contributed by atoms with Crippen molar-refractivity contribution in [3.05, 3.63) is 29.3 Å². The average Bonchev–Trinajstić information content (AvgIpc) is 2.76. The van der Waals surface area contributed by atoms with Crippen LogP contribution in [0.3, 0.4) is 0 Å². The van der Waals surface area contributed by atoms with Gasteiger partial charge in [-0.15, -0.1) is 0 Å². The molecule has 0 amide bonds. The number of hydrogen-bond donors (Lipinski definition) is 1. The van der Waals surface area contributed by atoms with Gasteiger partial charge in [-0.1, -0.05) is 24.6 Å². The van der Waals surface area contributed by atoms with Gasteiger partial charge in [-0.3, -0.25) is 4.90 Å². The van der Waals surface area contributed by atoms with Gasteiger partial charge in [0.1, 0.15) is 11.9 Å². The molecule has 0 aromatic heterocycles. The van der Waals surface area contributed by atoms with Crippen LogP contribution in [0.2, 0.25) is 5.02 Å². The van der Waals surface area contributed by atoms with Crippen molar-refractivity contribution in [2.24, 2.45) is 0 Å².